The highest BCUT2D eigenvalue weighted by molar-refractivity contribution is 5.48. The van der Waals surface area contributed by atoms with E-state index in [1.54, 1.807) is 0 Å². The quantitative estimate of drug-likeness (QED) is 0.674. The lowest BCUT2D eigenvalue weighted by Crippen LogP contribution is -2.47. The number of hydrogen-bond acceptors (Lipinski definition) is 3. The van der Waals surface area contributed by atoms with Gasteiger partial charge in [0.15, 0.2) is 0 Å². The maximum Gasteiger partial charge on any atom is 0.111 e. The van der Waals surface area contributed by atoms with Gasteiger partial charge in [0, 0.05) is 41.5 Å². The first-order valence-corrected chi connectivity index (χ1v) is 6.83. The topological polar surface area (TPSA) is 30.3 Å². The Kier molecular flexibility index (Phi) is 2.24. The Balaban J connectivity index is 2.14. The summed E-state index contributed by atoms with van der Waals surface area (Å²) in [5, 5.41) is 9.05. The van der Waals surface area contributed by atoms with Gasteiger partial charge in [-0.1, -0.05) is 13.8 Å². The van der Waals surface area contributed by atoms with Gasteiger partial charge in [-0.3, -0.25) is 0 Å². The molecule has 3 rings (SSSR count). The van der Waals surface area contributed by atoms with E-state index < -0.39 is 0 Å². The lowest BCUT2D eigenvalue weighted by Gasteiger charge is -2.43. The molecule has 0 spiro atoms. The largest absolute Gasteiger partial charge is 0.358 e. The molecule has 0 amide bonds. The van der Waals surface area contributed by atoms with Gasteiger partial charge >= 0.3 is 0 Å². The molecule has 3 heteroatoms. The average Bonchev–Trinajstić information content (AvgIpc) is 2.73. The van der Waals surface area contributed by atoms with Gasteiger partial charge in [0.25, 0.3) is 0 Å². The van der Waals surface area contributed by atoms with Crippen LogP contribution in [0.25, 0.3) is 0 Å². The molecule has 19 heavy (non-hydrogen) atoms. The standard InChI is InChI=1S/C16H21N3/c1-11(9-17)8-13-12(2)19-7-6-18(5)14(19)16(4)10-15(13,16)3/h6-8,14H,10H2,1-5H3/b11-8+. The molecule has 0 saturated heterocycles. The second kappa shape index (κ2) is 3.45. The van der Waals surface area contributed by atoms with Crippen LogP contribution < -0.4 is 0 Å². The molecule has 0 bridgehead atoms. The van der Waals surface area contributed by atoms with Gasteiger partial charge in [0.05, 0.1) is 6.07 Å². The van der Waals surface area contributed by atoms with E-state index in [-0.39, 0.29) is 10.8 Å². The summed E-state index contributed by atoms with van der Waals surface area (Å²) in [6.45, 7) is 8.78. The van der Waals surface area contributed by atoms with Crippen LogP contribution in [0.2, 0.25) is 0 Å². The van der Waals surface area contributed by atoms with Gasteiger partial charge in [-0.15, -0.1) is 0 Å². The monoisotopic (exact) mass is 255 g/mol. The summed E-state index contributed by atoms with van der Waals surface area (Å²) in [5.41, 5.74) is 3.89. The minimum absolute atomic E-state index is 0.205. The minimum Gasteiger partial charge on any atom is -0.358 e. The van der Waals surface area contributed by atoms with Crippen molar-refractivity contribution in [2.24, 2.45) is 10.8 Å². The summed E-state index contributed by atoms with van der Waals surface area (Å²) >= 11 is 0. The van der Waals surface area contributed by atoms with Crippen molar-refractivity contribution in [3.63, 3.8) is 0 Å². The first kappa shape index (κ1) is 12.3. The second-order valence-corrected chi connectivity index (χ2v) is 6.61. The molecule has 3 atom stereocenters. The number of rotatable bonds is 1. The summed E-state index contributed by atoms with van der Waals surface area (Å²) in [4.78, 5) is 4.68. The predicted octanol–water partition coefficient (Wildman–Crippen LogP) is 3.20. The fraction of sp³-hybridized carbons (Fsp3) is 0.562. The number of allylic oxidation sites excluding steroid dienone is 4. The van der Waals surface area contributed by atoms with Crippen LogP contribution in [0.3, 0.4) is 0 Å². The van der Waals surface area contributed by atoms with Crippen molar-refractivity contribution in [3.05, 3.63) is 35.3 Å². The van der Waals surface area contributed by atoms with Gasteiger partial charge in [-0.2, -0.15) is 5.26 Å². The Morgan fingerprint density at radius 1 is 1.47 bits per heavy atom. The third kappa shape index (κ3) is 1.32. The number of nitriles is 1. The SMILES string of the molecule is CC1=C(/C=C(\C)C#N)C2(C)CC2(C)C2N(C)C=CN12. The first-order chi connectivity index (χ1) is 8.85. The van der Waals surface area contributed by atoms with Crippen molar-refractivity contribution in [3.8, 4) is 6.07 Å². The summed E-state index contributed by atoms with van der Waals surface area (Å²) < 4.78 is 0. The molecule has 2 aliphatic heterocycles. The number of nitrogens with zero attached hydrogens (tertiary/aromatic N) is 3. The minimum atomic E-state index is 0.205. The van der Waals surface area contributed by atoms with Crippen LogP contribution in [-0.2, 0) is 0 Å². The van der Waals surface area contributed by atoms with Crippen molar-refractivity contribution >= 4 is 0 Å². The molecule has 0 aromatic rings. The van der Waals surface area contributed by atoms with Gasteiger partial charge in [0.2, 0.25) is 0 Å². The Morgan fingerprint density at radius 2 is 2.16 bits per heavy atom. The number of fused-ring (bicyclic) bond motifs is 3. The molecular formula is C16H21N3. The highest BCUT2D eigenvalue weighted by Gasteiger charge is 2.71. The lowest BCUT2D eigenvalue weighted by atomic mass is 9.80. The van der Waals surface area contributed by atoms with Gasteiger partial charge in [-0.05, 0) is 31.9 Å². The van der Waals surface area contributed by atoms with Crippen LogP contribution in [0.5, 0.6) is 0 Å². The third-order valence-electron chi connectivity index (χ3n) is 5.45. The van der Waals surface area contributed by atoms with Crippen molar-refractivity contribution in [1.82, 2.24) is 9.80 Å². The van der Waals surface area contributed by atoms with Crippen LogP contribution in [0, 0.1) is 22.2 Å². The number of hydrogen-bond donors (Lipinski definition) is 0. The summed E-state index contributed by atoms with van der Waals surface area (Å²) in [5.74, 6) is 0. The summed E-state index contributed by atoms with van der Waals surface area (Å²) in [6, 6.07) is 2.25. The molecule has 0 aromatic carbocycles. The van der Waals surface area contributed by atoms with E-state index in [2.05, 4.69) is 62.2 Å². The Hall–Kier alpha value is -1.69. The smallest absolute Gasteiger partial charge is 0.111 e. The van der Waals surface area contributed by atoms with Gasteiger partial charge in [-0.25, -0.2) is 0 Å². The molecule has 0 N–H and O–H groups in total. The summed E-state index contributed by atoms with van der Waals surface area (Å²) in [6.07, 6.45) is 8.02. The maximum atomic E-state index is 9.05. The Labute approximate surface area is 115 Å². The highest BCUT2D eigenvalue weighted by atomic mass is 15.4. The van der Waals surface area contributed by atoms with Crippen LogP contribution in [-0.4, -0.2) is 23.0 Å². The van der Waals surface area contributed by atoms with Crippen LogP contribution in [0.4, 0.5) is 0 Å². The van der Waals surface area contributed by atoms with Crippen molar-refractivity contribution in [2.75, 3.05) is 7.05 Å². The van der Waals surface area contributed by atoms with E-state index in [0.29, 0.717) is 6.17 Å². The van der Waals surface area contributed by atoms with E-state index in [9.17, 15) is 0 Å². The molecule has 3 aliphatic rings. The Bertz CT molecular complexity index is 577. The fourth-order valence-corrected chi connectivity index (χ4v) is 4.11. The van der Waals surface area contributed by atoms with Crippen LogP contribution in [0.15, 0.2) is 35.3 Å². The molecule has 100 valence electrons. The third-order valence-corrected chi connectivity index (χ3v) is 5.45. The molecule has 0 radical (unpaired) electrons. The first-order valence-electron chi connectivity index (χ1n) is 6.83. The van der Waals surface area contributed by atoms with E-state index in [0.717, 1.165) is 5.57 Å². The maximum absolute atomic E-state index is 9.05. The lowest BCUT2D eigenvalue weighted by molar-refractivity contribution is 0.0940. The fourth-order valence-electron chi connectivity index (χ4n) is 4.11. The second-order valence-electron chi connectivity index (χ2n) is 6.61. The van der Waals surface area contributed by atoms with Crippen molar-refractivity contribution in [2.45, 2.75) is 40.3 Å². The van der Waals surface area contributed by atoms with E-state index >= 15 is 0 Å². The Morgan fingerprint density at radius 3 is 2.79 bits per heavy atom. The molecule has 1 aliphatic carbocycles. The average molecular weight is 255 g/mol. The van der Waals surface area contributed by atoms with E-state index in [1.807, 2.05) is 6.92 Å². The zero-order chi connectivity index (χ0) is 14.0. The normalized spacial score (nSPS) is 40.2. The molecule has 1 saturated carbocycles. The predicted molar refractivity (Wildman–Crippen MR) is 75.4 cm³/mol. The zero-order valence-electron chi connectivity index (χ0n) is 12.4. The molecule has 2 heterocycles. The van der Waals surface area contributed by atoms with Gasteiger partial charge in [0.1, 0.15) is 6.17 Å². The highest BCUT2D eigenvalue weighted by Crippen LogP contribution is 2.74. The molecule has 1 fully saturated rings. The molecule has 0 aromatic heterocycles. The molecular weight excluding hydrogens is 234 g/mol. The van der Waals surface area contributed by atoms with E-state index in [4.69, 9.17) is 5.26 Å². The molecule has 3 unspecified atom stereocenters. The van der Waals surface area contributed by atoms with E-state index in [1.165, 1.54) is 17.7 Å². The molecule has 3 nitrogen and oxygen atoms in total. The van der Waals surface area contributed by atoms with Crippen LogP contribution >= 0.6 is 0 Å². The summed E-state index contributed by atoms with van der Waals surface area (Å²) in [7, 11) is 2.15. The van der Waals surface area contributed by atoms with Crippen LogP contribution in [0.1, 0.15) is 34.1 Å². The van der Waals surface area contributed by atoms with Gasteiger partial charge < -0.3 is 9.80 Å². The zero-order valence-corrected chi connectivity index (χ0v) is 12.4. The van der Waals surface area contributed by atoms with Crippen molar-refractivity contribution < 1.29 is 0 Å². The van der Waals surface area contributed by atoms with Crippen molar-refractivity contribution in [1.29, 1.82) is 5.26 Å².